The largest absolute Gasteiger partial charge is 0.391 e. The number of hydrogen-bond donors (Lipinski definition) is 2. The van der Waals surface area contributed by atoms with Gasteiger partial charge in [-0.05, 0) is 18.2 Å². The number of nitrogens with zero attached hydrogens (tertiary/aromatic N) is 2. The topological polar surface area (TPSA) is 84.2 Å². The second kappa shape index (κ2) is 5.83. The molecule has 0 bridgehead atoms. The van der Waals surface area contributed by atoms with Gasteiger partial charge in [0.25, 0.3) is 0 Å². The smallest absolute Gasteiger partial charge is 0.250 e. The van der Waals surface area contributed by atoms with Gasteiger partial charge in [-0.2, -0.15) is 5.10 Å². The Morgan fingerprint density at radius 3 is 2.79 bits per heavy atom. The number of thiophene rings is 1. The Labute approximate surface area is 115 Å². The monoisotopic (exact) mass is 301 g/mol. The van der Waals surface area contributed by atoms with Crippen LogP contribution in [0, 0.1) is 0 Å². The third kappa shape index (κ3) is 3.63. The predicted molar refractivity (Wildman–Crippen MR) is 72.3 cm³/mol. The van der Waals surface area contributed by atoms with Gasteiger partial charge in [0.15, 0.2) is 0 Å². The molecule has 0 aliphatic rings. The molecule has 0 aromatic carbocycles. The summed E-state index contributed by atoms with van der Waals surface area (Å²) in [6, 6.07) is 4.96. The molecule has 6 nitrogen and oxygen atoms in total. The van der Waals surface area contributed by atoms with Crippen LogP contribution in [-0.4, -0.2) is 29.8 Å². The molecule has 2 N–H and O–H groups in total. The minimum absolute atomic E-state index is 0.145. The summed E-state index contributed by atoms with van der Waals surface area (Å²) in [6.45, 7) is 0.153. The van der Waals surface area contributed by atoms with E-state index in [9.17, 15) is 8.42 Å². The summed E-state index contributed by atoms with van der Waals surface area (Å²) >= 11 is 1.07. The molecular formula is C11H15N3O3S2. The fourth-order valence-corrected chi connectivity index (χ4v) is 3.86. The van der Waals surface area contributed by atoms with Gasteiger partial charge in [0, 0.05) is 31.1 Å². The molecule has 0 aliphatic heterocycles. The lowest BCUT2D eigenvalue weighted by Gasteiger charge is -2.03. The van der Waals surface area contributed by atoms with E-state index < -0.39 is 10.0 Å². The van der Waals surface area contributed by atoms with Gasteiger partial charge < -0.3 is 5.11 Å². The standard InChI is InChI=1S/C11H15N3O3S2/c1-14-7-5-9(13-14)4-6-12-19(16,17)11-3-2-10(8-15)18-11/h2-3,5,7,12,15H,4,6,8H2,1H3. The van der Waals surface area contributed by atoms with Crippen LogP contribution in [0.25, 0.3) is 0 Å². The van der Waals surface area contributed by atoms with E-state index in [1.165, 1.54) is 6.07 Å². The van der Waals surface area contributed by atoms with E-state index in [2.05, 4.69) is 9.82 Å². The lowest BCUT2D eigenvalue weighted by Crippen LogP contribution is -2.25. The van der Waals surface area contributed by atoms with Crippen LogP contribution in [0.4, 0.5) is 0 Å². The summed E-state index contributed by atoms with van der Waals surface area (Å²) in [5, 5.41) is 13.1. The number of sulfonamides is 1. The van der Waals surface area contributed by atoms with E-state index in [-0.39, 0.29) is 10.8 Å². The summed E-state index contributed by atoms with van der Waals surface area (Å²) in [7, 11) is -1.67. The zero-order valence-electron chi connectivity index (χ0n) is 10.4. The first kappa shape index (κ1) is 14.2. The molecule has 0 amide bonds. The number of aliphatic hydroxyl groups is 1. The predicted octanol–water partition coefficient (Wildman–Crippen LogP) is 0.495. The summed E-state index contributed by atoms with van der Waals surface area (Å²) in [5.74, 6) is 0. The average molecular weight is 301 g/mol. The average Bonchev–Trinajstić information content (AvgIpc) is 2.98. The van der Waals surface area contributed by atoms with Crippen LogP contribution in [0.2, 0.25) is 0 Å². The molecule has 0 aliphatic carbocycles. The van der Waals surface area contributed by atoms with Gasteiger partial charge >= 0.3 is 0 Å². The molecular weight excluding hydrogens is 286 g/mol. The second-order valence-corrected chi connectivity index (χ2v) is 7.17. The van der Waals surface area contributed by atoms with Crippen LogP contribution in [0.15, 0.2) is 28.6 Å². The molecule has 2 aromatic heterocycles. The normalized spacial score (nSPS) is 11.9. The van der Waals surface area contributed by atoms with E-state index in [0.717, 1.165) is 17.0 Å². The van der Waals surface area contributed by atoms with Crippen molar-refractivity contribution >= 4 is 21.4 Å². The van der Waals surface area contributed by atoms with Gasteiger partial charge in [-0.3, -0.25) is 4.68 Å². The van der Waals surface area contributed by atoms with E-state index >= 15 is 0 Å². The molecule has 8 heteroatoms. The molecule has 0 saturated carbocycles. The van der Waals surface area contributed by atoms with Crippen molar-refractivity contribution in [3.8, 4) is 0 Å². The highest BCUT2D eigenvalue weighted by atomic mass is 32.2. The van der Waals surface area contributed by atoms with Gasteiger partial charge in [-0.1, -0.05) is 0 Å². The van der Waals surface area contributed by atoms with Gasteiger partial charge in [-0.15, -0.1) is 11.3 Å². The minimum Gasteiger partial charge on any atom is -0.391 e. The van der Waals surface area contributed by atoms with Crippen LogP contribution in [0.3, 0.4) is 0 Å². The summed E-state index contributed by atoms with van der Waals surface area (Å²) < 4.78 is 28.3. The summed E-state index contributed by atoms with van der Waals surface area (Å²) in [5.41, 5.74) is 0.840. The van der Waals surface area contributed by atoms with Gasteiger partial charge in [0.2, 0.25) is 10.0 Å². The van der Waals surface area contributed by atoms with Crippen molar-refractivity contribution in [2.75, 3.05) is 6.54 Å². The first-order valence-corrected chi connectivity index (χ1v) is 7.99. The number of aliphatic hydroxyl groups excluding tert-OH is 1. The number of aryl methyl sites for hydroxylation is 1. The highest BCUT2D eigenvalue weighted by Gasteiger charge is 2.16. The Hall–Kier alpha value is -1.22. The van der Waals surface area contributed by atoms with Crippen molar-refractivity contribution in [1.29, 1.82) is 0 Å². The van der Waals surface area contributed by atoms with Crippen LogP contribution in [0.1, 0.15) is 10.6 Å². The molecule has 0 fully saturated rings. The maximum absolute atomic E-state index is 11.9. The summed E-state index contributed by atoms with van der Waals surface area (Å²) in [6.07, 6.45) is 2.36. The SMILES string of the molecule is Cn1ccc(CCNS(=O)(=O)c2ccc(CO)s2)n1. The first-order chi connectivity index (χ1) is 9.01. The molecule has 0 radical (unpaired) electrons. The number of aromatic nitrogens is 2. The number of nitrogens with one attached hydrogen (secondary N) is 1. The highest BCUT2D eigenvalue weighted by Crippen LogP contribution is 2.21. The zero-order valence-corrected chi connectivity index (χ0v) is 12.0. The van der Waals surface area contributed by atoms with E-state index in [1.54, 1.807) is 10.7 Å². The third-order valence-corrected chi connectivity index (χ3v) is 5.52. The summed E-state index contributed by atoms with van der Waals surface area (Å²) in [4.78, 5) is 0.630. The molecule has 2 rings (SSSR count). The lowest BCUT2D eigenvalue weighted by atomic mass is 10.3. The molecule has 19 heavy (non-hydrogen) atoms. The van der Waals surface area contributed by atoms with Gasteiger partial charge in [0.1, 0.15) is 4.21 Å². The van der Waals surface area contributed by atoms with Gasteiger partial charge in [-0.25, -0.2) is 13.1 Å². The molecule has 0 unspecified atom stereocenters. The zero-order chi connectivity index (χ0) is 13.9. The van der Waals surface area contributed by atoms with Crippen molar-refractivity contribution in [1.82, 2.24) is 14.5 Å². The maximum atomic E-state index is 11.9. The van der Waals surface area contributed by atoms with Crippen molar-refractivity contribution in [3.05, 3.63) is 35.0 Å². The molecule has 2 aromatic rings. The van der Waals surface area contributed by atoms with E-state index in [1.807, 2.05) is 19.3 Å². The first-order valence-electron chi connectivity index (χ1n) is 5.69. The van der Waals surface area contributed by atoms with E-state index in [4.69, 9.17) is 5.11 Å². The second-order valence-electron chi connectivity index (χ2n) is 4.01. The van der Waals surface area contributed by atoms with Crippen LogP contribution < -0.4 is 4.72 Å². The van der Waals surface area contributed by atoms with Crippen molar-refractivity contribution < 1.29 is 13.5 Å². The highest BCUT2D eigenvalue weighted by molar-refractivity contribution is 7.91. The van der Waals surface area contributed by atoms with Crippen LogP contribution in [-0.2, 0) is 30.1 Å². The van der Waals surface area contributed by atoms with Crippen LogP contribution >= 0.6 is 11.3 Å². The Balaban J connectivity index is 1.94. The number of hydrogen-bond acceptors (Lipinski definition) is 5. The quantitative estimate of drug-likeness (QED) is 0.813. The van der Waals surface area contributed by atoms with Gasteiger partial charge in [0.05, 0.1) is 12.3 Å². The van der Waals surface area contributed by atoms with E-state index in [0.29, 0.717) is 17.8 Å². The molecule has 0 spiro atoms. The fraction of sp³-hybridized carbons (Fsp3) is 0.364. The van der Waals surface area contributed by atoms with Crippen molar-refractivity contribution in [2.24, 2.45) is 7.05 Å². The van der Waals surface area contributed by atoms with Crippen molar-refractivity contribution in [2.45, 2.75) is 17.2 Å². The Bertz CT molecular complexity index is 646. The third-order valence-electron chi connectivity index (χ3n) is 2.50. The fourth-order valence-electron chi connectivity index (χ4n) is 1.57. The Kier molecular flexibility index (Phi) is 4.35. The van der Waals surface area contributed by atoms with Crippen molar-refractivity contribution in [3.63, 3.8) is 0 Å². The lowest BCUT2D eigenvalue weighted by molar-refractivity contribution is 0.285. The minimum atomic E-state index is -3.49. The molecule has 0 atom stereocenters. The molecule has 0 saturated heterocycles. The Morgan fingerprint density at radius 1 is 1.42 bits per heavy atom. The maximum Gasteiger partial charge on any atom is 0.250 e. The van der Waals surface area contributed by atoms with Crippen LogP contribution in [0.5, 0.6) is 0 Å². The molecule has 104 valence electrons. The number of rotatable bonds is 6. The Morgan fingerprint density at radius 2 is 2.21 bits per heavy atom. The molecule has 2 heterocycles.